The lowest BCUT2D eigenvalue weighted by molar-refractivity contribution is 0.0949. The number of thiazole rings is 1. The van der Waals surface area contributed by atoms with Crippen LogP contribution < -0.4 is 10.9 Å². The zero-order chi connectivity index (χ0) is 18.1. The Labute approximate surface area is 160 Å². The summed E-state index contributed by atoms with van der Waals surface area (Å²) in [5.74, 6) is -0.470. The number of fused-ring (bicyclic) bond motifs is 1. The van der Waals surface area contributed by atoms with Crippen LogP contribution in [0.3, 0.4) is 0 Å². The maximum atomic E-state index is 12.9. The maximum Gasteiger partial charge on any atom is 0.271 e. The summed E-state index contributed by atoms with van der Waals surface area (Å²) in [5.41, 5.74) is 1.12. The molecule has 0 aliphatic heterocycles. The first-order valence-electron chi connectivity index (χ1n) is 7.55. The van der Waals surface area contributed by atoms with Crippen LogP contribution in [0.5, 0.6) is 0 Å². The van der Waals surface area contributed by atoms with Crippen molar-refractivity contribution in [2.24, 2.45) is 0 Å². The third-order valence-corrected chi connectivity index (χ3v) is 5.79. The molecule has 0 bridgehead atoms. The van der Waals surface area contributed by atoms with Crippen LogP contribution in [-0.4, -0.2) is 20.3 Å². The summed E-state index contributed by atoms with van der Waals surface area (Å²) in [4.78, 5) is 34.9. The fraction of sp³-hybridized carbons (Fsp3) is 0.0588. The monoisotopic (exact) mass is 402 g/mol. The van der Waals surface area contributed by atoms with Crippen molar-refractivity contribution >= 4 is 45.1 Å². The van der Waals surface area contributed by atoms with Crippen LogP contribution >= 0.6 is 34.3 Å². The van der Waals surface area contributed by atoms with Crippen molar-refractivity contribution in [3.05, 3.63) is 74.1 Å². The Morgan fingerprint density at radius 3 is 2.88 bits per heavy atom. The molecule has 4 aromatic rings. The number of carbonyl (C=O) groups is 1. The average molecular weight is 403 g/mol. The van der Waals surface area contributed by atoms with Gasteiger partial charge in [-0.15, -0.1) is 22.7 Å². The van der Waals surface area contributed by atoms with Crippen LogP contribution in [0.15, 0.2) is 53.0 Å². The van der Waals surface area contributed by atoms with Gasteiger partial charge in [0.2, 0.25) is 0 Å². The van der Waals surface area contributed by atoms with Crippen LogP contribution in [0.25, 0.3) is 15.5 Å². The number of pyridine rings is 1. The van der Waals surface area contributed by atoms with E-state index in [1.807, 2.05) is 17.5 Å². The van der Waals surface area contributed by atoms with Crippen LogP contribution in [0.1, 0.15) is 15.9 Å². The Balaban J connectivity index is 1.69. The number of nitrogens with one attached hydrogen (secondary N) is 1. The molecule has 0 aliphatic carbocycles. The maximum absolute atomic E-state index is 12.9. The minimum atomic E-state index is -0.470. The molecule has 1 N–H and O–H groups in total. The lowest BCUT2D eigenvalue weighted by atomic mass is 10.2. The van der Waals surface area contributed by atoms with Gasteiger partial charge in [-0.05, 0) is 23.8 Å². The number of aromatic nitrogens is 3. The van der Waals surface area contributed by atoms with E-state index < -0.39 is 11.5 Å². The predicted octanol–water partition coefficient (Wildman–Crippen LogP) is 3.46. The molecule has 6 nitrogen and oxygen atoms in total. The average Bonchev–Trinajstić information content (AvgIpc) is 3.27. The van der Waals surface area contributed by atoms with Crippen LogP contribution in [0.2, 0.25) is 4.34 Å². The summed E-state index contributed by atoms with van der Waals surface area (Å²) < 4.78 is 2.08. The lowest BCUT2D eigenvalue weighted by Gasteiger charge is -2.05. The molecular weight excluding hydrogens is 392 g/mol. The number of hydrogen-bond donors (Lipinski definition) is 1. The SMILES string of the molecule is O=C(NCc1cccnc1)c1cnc2scc(-c3ccc(Cl)s3)n2c1=O. The van der Waals surface area contributed by atoms with Crippen molar-refractivity contribution in [2.45, 2.75) is 6.54 Å². The normalized spacial score (nSPS) is 11.0. The Bertz CT molecular complexity index is 1150. The van der Waals surface area contributed by atoms with Gasteiger partial charge in [-0.2, -0.15) is 0 Å². The Hall–Kier alpha value is -2.55. The topological polar surface area (TPSA) is 76.4 Å². The molecule has 4 heterocycles. The highest BCUT2D eigenvalue weighted by Gasteiger charge is 2.17. The van der Waals surface area contributed by atoms with Gasteiger partial charge < -0.3 is 5.32 Å². The fourth-order valence-corrected chi connectivity index (χ4v) is 4.43. The van der Waals surface area contributed by atoms with E-state index in [0.29, 0.717) is 15.0 Å². The van der Waals surface area contributed by atoms with Crippen LogP contribution in [0.4, 0.5) is 0 Å². The minimum absolute atomic E-state index is 0.00584. The molecule has 0 unspecified atom stereocenters. The van der Waals surface area contributed by atoms with E-state index >= 15 is 0 Å². The number of amides is 1. The molecule has 130 valence electrons. The summed E-state index contributed by atoms with van der Waals surface area (Å²) in [6.07, 6.45) is 4.63. The zero-order valence-electron chi connectivity index (χ0n) is 13.2. The molecule has 0 saturated heterocycles. The second-order valence-electron chi connectivity index (χ2n) is 5.36. The molecule has 1 amide bonds. The van der Waals surface area contributed by atoms with E-state index in [9.17, 15) is 9.59 Å². The van der Waals surface area contributed by atoms with Gasteiger partial charge in [-0.1, -0.05) is 17.7 Å². The number of halogens is 1. The van der Waals surface area contributed by atoms with Gasteiger partial charge in [0.1, 0.15) is 5.56 Å². The van der Waals surface area contributed by atoms with E-state index in [1.165, 1.54) is 33.3 Å². The third-order valence-electron chi connectivity index (χ3n) is 3.69. The highest BCUT2D eigenvalue weighted by molar-refractivity contribution is 7.20. The van der Waals surface area contributed by atoms with Crippen LogP contribution in [-0.2, 0) is 6.54 Å². The standard InChI is InChI=1S/C17H11ClN4O2S2/c18-14-4-3-13(26-14)12-9-25-17-21-8-11(16(24)22(12)17)15(23)20-7-10-2-1-5-19-6-10/h1-6,8-9H,7H2,(H,20,23). The van der Waals surface area contributed by atoms with Crippen LogP contribution in [0, 0.1) is 0 Å². The van der Waals surface area contributed by atoms with Gasteiger partial charge in [0.15, 0.2) is 4.96 Å². The van der Waals surface area contributed by atoms with Crippen molar-refractivity contribution in [3.8, 4) is 10.6 Å². The molecule has 0 saturated carbocycles. The number of hydrogen-bond acceptors (Lipinski definition) is 6. The number of rotatable bonds is 4. The summed E-state index contributed by atoms with van der Waals surface area (Å²) >= 11 is 8.71. The molecule has 26 heavy (non-hydrogen) atoms. The highest BCUT2D eigenvalue weighted by Crippen LogP contribution is 2.32. The Morgan fingerprint density at radius 1 is 1.27 bits per heavy atom. The molecule has 0 fully saturated rings. The molecule has 0 atom stereocenters. The van der Waals surface area contributed by atoms with E-state index in [1.54, 1.807) is 24.5 Å². The Kier molecular flexibility index (Phi) is 4.54. The number of thiophene rings is 1. The van der Waals surface area contributed by atoms with Crippen molar-refractivity contribution < 1.29 is 4.79 Å². The molecule has 0 spiro atoms. The van der Waals surface area contributed by atoms with Crippen molar-refractivity contribution in [1.29, 1.82) is 0 Å². The second-order valence-corrected chi connectivity index (χ2v) is 7.92. The summed E-state index contributed by atoms with van der Waals surface area (Å²) in [6, 6.07) is 7.25. The summed E-state index contributed by atoms with van der Waals surface area (Å²) in [5, 5.41) is 4.57. The van der Waals surface area contributed by atoms with Crippen molar-refractivity contribution in [3.63, 3.8) is 0 Å². The summed E-state index contributed by atoms with van der Waals surface area (Å²) in [7, 11) is 0. The smallest absolute Gasteiger partial charge is 0.271 e. The largest absolute Gasteiger partial charge is 0.348 e. The fourth-order valence-electron chi connectivity index (χ4n) is 2.45. The lowest BCUT2D eigenvalue weighted by Crippen LogP contribution is -2.31. The van der Waals surface area contributed by atoms with E-state index in [2.05, 4.69) is 15.3 Å². The predicted molar refractivity (Wildman–Crippen MR) is 103 cm³/mol. The van der Waals surface area contributed by atoms with Gasteiger partial charge in [-0.25, -0.2) is 9.38 Å². The molecule has 0 radical (unpaired) electrons. The van der Waals surface area contributed by atoms with Gasteiger partial charge in [0.25, 0.3) is 11.5 Å². The molecule has 4 aromatic heterocycles. The van der Waals surface area contributed by atoms with Gasteiger partial charge in [0.05, 0.1) is 14.9 Å². The van der Waals surface area contributed by atoms with E-state index in [4.69, 9.17) is 11.6 Å². The highest BCUT2D eigenvalue weighted by atomic mass is 35.5. The van der Waals surface area contributed by atoms with Crippen molar-refractivity contribution in [2.75, 3.05) is 0 Å². The summed E-state index contributed by atoms with van der Waals surface area (Å²) in [6.45, 7) is 0.284. The molecule has 4 rings (SSSR count). The van der Waals surface area contributed by atoms with Crippen molar-refractivity contribution in [1.82, 2.24) is 19.7 Å². The molecule has 0 aromatic carbocycles. The van der Waals surface area contributed by atoms with E-state index in [0.717, 1.165) is 10.4 Å². The van der Waals surface area contributed by atoms with E-state index in [-0.39, 0.29) is 12.1 Å². The second kappa shape index (κ2) is 6.99. The first kappa shape index (κ1) is 16.9. The van der Waals surface area contributed by atoms with Gasteiger partial charge in [-0.3, -0.25) is 14.6 Å². The zero-order valence-corrected chi connectivity index (χ0v) is 15.6. The number of nitrogens with zero attached hydrogens (tertiary/aromatic N) is 3. The minimum Gasteiger partial charge on any atom is -0.348 e. The molecule has 0 aliphatic rings. The quantitative estimate of drug-likeness (QED) is 0.567. The van der Waals surface area contributed by atoms with Gasteiger partial charge in [0, 0.05) is 30.5 Å². The molecule has 9 heteroatoms. The molecular formula is C17H11ClN4O2S2. The first-order valence-corrected chi connectivity index (χ1v) is 9.63. The first-order chi connectivity index (χ1) is 12.6. The number of carbonyl (C=O) groups excluding carboxylic acids is 1. The Morgan fingerprint density at radius 2 is 2.15 bits per heavy atom. The van der Waals surface area contributed by atoms with Gasteiger partial charge >= 0.3 is 0 Å². The third kappa shape index (κ3) is 3.14.